The first-order valence-corrected chi connectivity index (χ1v) is 6.68. The lowest BCUT2D eigenvalue weighted by Crippen LogP contribution is -2.39. The molecular weight excluding hydrogens is 272 g/mol. The van der Waals surface area contributed by atoms with E-state index in [1.165, 1.54) is 0 Å². The molecule has 0 bridgehead atoms. The van der Waals surface area contributed by atoms with Crippen molar-refractivity contribution in [2.45, 2.75) is 12.5 Å². The summed E-state index contributed by atoms with van der Waals surface area (Å²) in [4.78, 5) is 12.1. The van der Waals surface area contributed by atoms with Gasteiger partial charge in [-0.3, -0.25) is 4.18 Å². The molecule has 7 heteroatoms. The van der Waals surface area contributed by atoms with E-state index in [1.807, 2.05) is 0 Å². The fraction of sp³-hybridized carbons (Fsp3) is 0.417. The van der Waals surface area contributed by atoms with Crippen LogP contribution in [0.5, 0.6) is 5.75 Å². The summed E-state index contributed by atoms with van der Waals surface area (Å²) in [6.07, 6.45) is 0. The Bertz CT molecular complexity index is 485. The number of benzene rings is 1. The van der Waals surface area contributed by atoms with Gasteiger partial charge >= 0.3 is 17.3 Å². The molecule has 2 rings (SSSR count). The molecule has 0 aromatic heterocycles. The number of rotatable bonds is 4. The van der Waals surface area contributed by atoms with Gasteiger partial charge in [-0.05, 0) is 24.6 Å². The number of carbonyl (C=O) groups excluding carboxylic acids is 1. The summed E-state index contributed by atoms with van der Waals surface area (Å²) in [7, 11) is 1.54. The molecule has 1 fully saturated rings. The normalized spacial score (nSPS) is 26.1. The number of hydrogen-bond donors (Lipinski definition) is 0. The highest BCUT2D eigenvalue weighted by molar-refractivity contribution is 7.75. The molecule has 0 N–H and O–H groups in total. The van der Waals surface area contributed by atoms with Crippen LogP contribution in [-0.4, -0.2) is 30.5 Å². The van der Waals surface area contributed by atoms with Gasteiger partial charge in [-0.15, -0.1) is 0 Å². The van der Waals surface area contributed by atoms with Crippen molar-refractivity contribution in [2.75, 3.05) is 20.3 Å². The lowest BCUT2D eigenvalue weighted by atomic mass is 9.95. The maximum atomic E-state index is 12.1. The SMILES string of the molecule is CCOC(=O)[C@@]1(c2ccc(OC)cc2)COS(=O)O1. The standard InChI is InChI=1S/C12H14O6S/c1-3-16-11(13)12(8-17-19(14)18-12)9-4-6-10(15-2)7-5-9/h4-7H,3,8H2,1-2H3/t12-,19?/m0/s1. The average molecular weight is 286 g/mol. The molecule has 1 heterocycles. The van der Waals surface area contributed by atoms with Gasteiger partial charge in [0.15, 0.2) is 0 Å². The molecule has 2 atom stereocenters. The smallest absolute Gasteiger partial charge is 0.347 e. The highest BCUT2D eigenvalue weighted by Gasteiger charge is 2.51. The summed E-state index contributed by atoms with van der Waals surface area (Å²) < 4.78 is 31.3. The fourth-order valence-electron chi connectivity index (χ4n) is 1.75. The molecule has 1 aromatic carbocycles. The van der Waals surface area contributed by atoms with Crippen molar-refractivity contribution in [1.82, 2.24) is 0 Å². The summed E-state index contributed by atoms with van der Waals surface area (Å²) >= 11 is -1.96. The topological polar surface area (TPSA) is 71.1 Å². The van der Waals surface area contributed by atoms with Crippen LogP contribution in [0.15, 0.2) is 24.3 Å². The van der Waals surface area contributed by atoms with Gasteiger partial charge in [0.1, 0.15) is 12.4 Å². The molecule has 0 aliphatic carbocycles. The number of esters is 1. The Kier molecular flexibility index (Phi) is 4.18. The van der Waals surface area contributed by atoms with Gasteiger partial charge in [0, 0.05) is 0 Å². The van der Waals surface area contributed by atoms with Crippen LogP contribution < -0.4 is 4.74 Å². The van der Waals surface area contributed by atoms with E-state index in [9.17, 15) is 9.00 Å². The minimum absolute atomic E-state index is 0.148. The Morgan fingerprint density at radius 3 is 2.58 bits per heavy atom. The molecule has 1 aliphatic rings. The second kappa shape index (κ2) is 5.68. The first kappa shape index (κ1) is 14.0. The second-order valence-corrected chi connectivity index (χ2v) is 4.64. The molecule has 104 valence electrons. The van der Waals surface area contributed by atoms with E-state index in [1.54, 1.807) is 38.3 Å². The van der Waals surface area contributed by atoms with Gasteiger partial charge in [0.2, 0.25) is 5.60 Å². The zero-order valence-electron chi connectivity index (χ0n) is 10.6. The van der Waals surface area contributed by atoms with Gasteiger partial charge in [0.05, 0.1) is 13.7 Å². The minimum Gasteiger partial charge on any atom is -0.497 e. The Morgan fingerprint density at radius 2 is 2.11 bits per heavy atom. The maximum absolute atomic E-state index is 12.1. The molecule has 6 nitrogen and oxygen atoms in total. The van der Waals surface area contributed by atoms with Crippen molar-refractivity contribution >= 4 is 17.3 Å². The Hall–Kier alpha value is -1.44. The van der Waals surface area contributed by atoms with Crippen molar-refractivity contribution in [2.24, 2.45) is 0 Å². The van der Waals surface area contributed by atoms with E-state index in [0.717, 1.165) is 0 Å². The summed E-state index contributed by atoms with van der Waals surface area (Å²) in [6, 6.07) is 6.67. The highest BCUT2D eigenvalue weighted by atomic mass is 32.2. The largest absolute Gasteiger partial charge is 0.497 e. The molecule has 1 aromatic rings. The van der Waals surface area contributed by atoms with E-state index in [-0.39, 0.29) is 13.2 Å². The molecular formula is C12H14O6S. The van der Waals surface area contributed by atoms with Gasteiger partial charge < -0.3 is 9.47 Å². The van der Waals surface area contributed by atoms with Crippen LogP contribution >= 0.6 is 0 Å². The first-order chi connectivity index (χ1) is 9.12. The maximum Gasteiger partial charge on any atom is 0.347 e. The number of hydrogen-bond acceptors (Lipinski definition) is 6. The van der Waals surface area contributed by atoms with Crippen LogP contribution in [0.4, 0.5) is 0 Å². The Labute approximate surface area is 113 Å². The van der Waals surface area contributed by atoms with E-state index in [2.05, 4.69) is 0 Å². The second-order valence-electron chi connectivity index (χ2n) is 3.83. The summed E-state index contributed by atoms with van der Waals surface area (Å²) in [5, 5.41) is 0. The third-order valence-corrected chi connectivity index (χ3v) is 3.46. The Balaban J connectivity index is 2.36. The number of ether oxygens (including phenoxy) is 2. The van der Waals surface area contributed by atoms with Crippen LogP contribution in [0.2, 0.25) is 0 Å². The monoisotopic (exact) mass is 286 g/mol. The molecule has 19 heavy (non-hydrogen) atoms. The van der Waals surface area contributed by atoms with Crippen LogP contribution in [0.1, 0.15) is 12.5 Å². The lowest BCUT2D eigenvalue weighted by Gasteiger charge is -2.22. The lowest BCUT2D eigenvalue weighted by molar-refractivity contribution is -0.161. The molecule has 0 amide bonds. The van der Waals surface area contributed by atoms with Crippen molar-refractivity contribution in [3.63, 3.8) is 0 Å². The van der Waals surface area contributed by atoms with E-state index >= 15 is 0 Å². The predicted octanol–water partition coefficient (Wildman–Crippen LogP) is 1.08. The van der Waals surface area contributed by atoms with Gasteiger partial charge in [-0.2, -0.15) is 4.21 Å². The molecule has 0 saturated carbocycles. The quantitative estimate of drug-likeness (QED) is 0.771. The predicted molar refractivity (Wildman–Crippen MR) is 66.5 cm³/mol. The van der Waals surface area contributed by atoms with Crippen molar-refractivity contribution in [3.8, 4) is 5.75 Å². The third-order valence-electron chi connectivity index (χ3n) is 2.73. The van der Waals surface area contributed by atoms with Crippen LogP contribution in [0.25, 0.3) is 0 Å². The van der Waals surface area contributed by atoms with Crippen molar-refractivity contribution in [1.29, 1.82) is 0 Å². The number of carbonyl (C=O) groups is 1. The molecule has 1 unspecified atom stereocenters. The van der Waals surface area contributed by atoms with Crippen LogP contribution in [-0.2, 0) is 34.9 Å². The van der Waals surface area contributed by atoms with Crippen LogP contribution in [0.3, 0.4) is 0 Å². The molecule has 0 spiro atoms. The van der Waals surface area contributed by atoms with E-state index in [0.29, 0.717) is 11.3 Å². The molecule has 1 aliphatic heterocycles. The average Bonchev–Trinajstić information content (AvgIpc) is 2.83. The van der Waals surface area contributed by atoms with Gasteiger partial charge in [-0.1, -0.05) is 12.1 Å². The summed E-state index contributed by atoms with van der Waals surface area (Å²) in [5.41, 5.74) is -0.967. The van der Waals surface area contributed by atoms with E-state index < -0.39 is 22.9 Å². The Morgan fingerprint density at radius 1 is 1.42 bits per heavy atom. The van der Waals surface area contributed by atoms with Gasteiger partial charge in [-0.25, -0.2) is 8.98 Å². The minimum atomic E-state index is -1.96. The summed E-state index contributed by atoms with van der Waals surface area (Å²) in [5.74, 6) is 0.0220. The van der Waals surface area contributed by atoms with Crippen molar-refractivity contribution < 1.29 is 26.8 Å². The summed E-state index contributed by atoms with van der Waals surface area (Å²) in [6.45, 7) is 1.74. The van der Waals surface area contributed by atoms with Crippen LogP contribution in [0, 0.1) is 0 Å². The highest BCUT2D eigenvalue weighted by Crippen LogP contribution is 2.35. The zero-order chi connectivity index (χ0) is 13.9. The third kappa shape index (κ3) is 2.63. The zero-order valence-corrected chi connectivity index (χ0v) is 11.4. The van der Waals surface area contributed by atoms with E-state index in [4.69, 9.17) is 17.8 Å². The van der Waals surface area contributed by atoms with Crippen molar-refractivity contribution in [3.05, 3.63) is 29.8 Å². The molecule has 1 saturated heterocycles. The fourth-order valence-corrected chi connectivity index (χ4v) is 2.50. The number of methoxy groups -OCH3 is 1. The molecule has 0 radical (unpaired) electrons. The first-order valence-electron chi connectivity index (χ1n) is 5.68. The van der Waals surface area contributed by atoms with Gasteiger partial charge in [0.25, 0.3) is 0 Å².